The normalized spacial score (nSPS) is 16.2. The van der Waals surface area contributed by atoms with Crippen LogP contribution in [0.25, 0.3) is 22.1 Å². The zero-order valence-corrected chi connectivity index (χ0v) is 20.8. The Labute approximate surface area is 208 Å². The molecule has 1 aliphatic heterocycles. The van der Waals surface area contributed by atoms with Crippen LogP contribution in [0.3, 0.4) is 0 Å². The number of hydrogen-bond acceptors (Lipinski definition) is 4. The molecule has 1 aromatic heterocycles. The van der Waals surface area contributed by atoms with Gasteiger partial charge in [-0.3, -0.25) is 4.98 Å². The number of aliphatic carboxylic acids is 1. The summed E-state index contributed by atoms with van der Waals surface area (Å²) in [6, 6.07) is 8.96. The third-order valence-electron chi connectivity index (χ3n) is 6.89. The lowest BCUT2D eigenvalue weighted by Gasteiger charge is -2.31. The SMILES string of the molecule is Cc1c(C(OC(C)(C)C)C(=O)O)c(C2=c3nccc4c3=C(CC2)OCC4)c2ccccc2c1C(F)F. The Balaban J connectivity index is 1.99. The highest BCUT2D eigenvalue weighted by Crippen LogP contribution is 2.44. The first kappa shape index (κ1) is 24.4. The van der Waals surface area contributed by atoms with Gasteiger partial charge in [-0.15, -0.1) is 0 Å². The number of halogens is 2. The largest absolute Gasteiger partial charge is 0.497 e. The Hall–Kier alpha value is -3.32. The van der Waals surface area contributed by atoms with Crippen LogP contribution in [0.5, 0.6) is 0 Å². The molecule has 5 nitrogen and oxygen atoms in total. The first-order valence-electron chi connectivity index (χ1n) is 12.2. The highest BCUT2D eigenvalue weighted by Gasteiger charge is 2.35. The van der Waals surface area contributed by atoms with Crippen molar-refractivity contribution in [2.24, 2.45) is 0 Å². The molecule has 36 heavy (non-hydrogen) atoms. The molecule has 0 fully saturated rings. The van der Waals surface area contributed by atoms with E-state index >= 15 is 0 Å². The minimum atomic E-state index is -2.78. The van der Waals surface area contributed by atoms with Crippen molar-refractivity contribution in [2.75, 3.05) is 6.61 Å². The molecule has 1 atom stereocenters. The van der Waals surface area contributed by atoms with E-state index in [1.165, 1.54) is 0 Å². The Bertz CT molecular complexity index is 1500. The molecular weight excluding hydrogens is 464 g/mol. The van der Waals surface area contributed by atoms with Crippen LogP contribution >= 0.6 is 0 Å². The van der Waals surface area contributed by atoms with Gasteiger partial charge in [0.05, 0.1) is 17.6 Å². The molecule has 0 spiro atoms. The number of carboxylic acids is 1. The van der Waals surface area contributed by atoms with E-state index in [1.807, 2.05) is 6.07 Å². The topological polar surface area (TPSA) is 68.7 Å². The lowest BCUT2D eigenvalue weighted by atomic mass is 9.81. The summed E-state index contributed by atoms with van der Waals surface area (Å²) in [4.78, 5) is 17.3. The second-order valence-corrected chi connectivity index (χ2v) is 10.3. The molecule has 0 amide bonds. The van der Waals surface area contributed by atoms with Gasteiger partial charge in [-0.05, 0) is 73.2 Å². The van der Waals surface area contributed by atoms with Crippen LogP contribution in [0.15, 0.2) is 36.5 Å². The summed E-state index contributed by atoms with van der Waals surface area (Å²) in [5.41, 5.74) is 2.10. The van der Waals surface area contributed by atoms with Crippen LogP contribution in [0, 0.1) is 6.92 Å². The predicted octanol–water partition coefficient (Wildman–Crippen LogP) is 5.10. The average molecular weight is 494 g/mol. The van der Waals surface area contributed by atoms with E-state index in [0.717, 1.165) is 33.9 Å². The van der Waals surface area contributed by atoms with Crippen molar-refractivity contribution in [1.29, 1.82) is 0 Å². The molecule has 5 rings (SSSR count). The molecular formula is C29H29F2NO4. The van der Waals surface area contributed by atoms with Crippen LogP contribution < -0.4 is 10.6 Å². The molecule has 0 saturated carbocycles. The third-order valence-corrected chi connectivity index (χ3v) is 6.89. The fourth-order valence-corrected chi connectivity index (χ4v) is 5.54. The molecule has 188 valence electrons. The number of aromatic nitrogens is 1. The molecule has 2 heterocycles. The summed E-state index contributed by atoms with van der Waals surface area (Å²) >= 11 is 0. The van der Waals surface area contributed by atoms with Gasteiger partial charge < -0.3 is 14.6 Å². The van der Waals surface area contributed by atoms with E-state index in [9.17, 15) is 18.7 Å². The Kier molecular flexibility index (Phi) is 6.07. The number of ether oxygens (including phenoxy) is 2. The van der Waals surface area contributed by atoms with Gasteiger partial charge in [0.2, 0.25) is 0 Å². The fraction of sp³-hybridized carbons (Fsp3) is 0.379. The van der Waals surface area contributed by atoms with E-state index in [2.05, 4.69) is 0 Å². The molecule has 0 radical (unpaired) electrons. The zero-order valence-electron chi connectivity index (χ0n) is 20.8. The minimum absolute atomic E-state index is 0.164. The summed E-state index contributed by atoms with van der Waals surface area (Å²) in [5.74, 6) is -0.338. The lowest BCUT2D eigenvalue weighted by molar-refractivity contribution is -0.160. The van der Waals surface area contributed by atoms with Gasteiger partial charge in [0.15, 0.2) is 6.10 Å². The van der Waals surface area contributed by atoms with Crippen LogP contribution in [0.1, 0.15) is 74.0 Å². The summed E-state index contributed by atoms with van der Waals surface area (Å²) in [6.45, 7) is 7.46. The van der Waals surface area contributed by atoms with E-state index in [4.69, 9.17) is 14.5 Å². The summed E-state index contributed by atoms with van der Waals surface area (Å²) < 4.78 is 41.0. The van der Waals surface area contributed by atoms with Crippen molar-refractivity contribution in [3.05, 3.63) is 74.9 Å². The predicted molar refractivity (Wildman–Crippen MR) is 133 cm³/mol. The van der Waals surface area contributed by atoms with Gasteiger partial charge >= 0.3 is 5.97 Å². The minimum Gasteiger partial charge on any atom is -0.497 e. The van der Waals surface area contributed by atoms with Gasteiger partial charge in [0.1, 0.15) is 5.76 Å². The standard InChI is InChI=1S/C29H29F2NO4/c1-15-21(27(30)31)17-7-5-6-8-18(17)24(22(15)26(28(33)34)36-29(2,3)4)19-9-10-20-23-16(12-14-35-20)11-13-32-25(19)23/h5-8,11,13,26-27H,9-10,12,14H2,1-4H3,(H,33,34). The van der Waals surface area contributed by atoms with E-state index < -0.39 is 24.1 Å². The molecule has 2 aliphatic rings. The van der Waals surface area contributed by atoms with E-state index in [-0.39, 0.29) is 16.7 Å². The Morgan fingerprint density at radius 2 is 1.81 bits per heavy atom. The number of benzene rings is 2. The lowest BCUT2D eigenvalue weighted by Crippen LogP contribution is -2.41. The summed E-state index contributed by atoms with van der Waals surface area (Å²) in [6.07, 6.45) is -0.531. The highest BCUT2D eigenvalue weighted by molar-refractivity contribution is 6.00. The number of nitrogens with zero attached hydrogens (tertiary/aromatic N) is 1. The zero-order chi connectivity index (χ0) is 25.8. The molecule has 3 aromatic rings. The number of alkyl halides is 2. The number of carbonyl (C=O) groups is 1. The second kappa shape index (κ2) is 8.96. The van der Waals surface area contributed by atoms with Gasteiger partial charge in [-0.2, -0.15) is 0 Å². The van der Waals surface area contributed by atoms with Crippen LogP contribution in [-0.4, -0.2) is 28.3 Å². The third kappa shape index (κ3) is 4.05. The Morgan fingerprint density at radius 1 is 1.08 bits per heavy atom. The van der Waals surface area contributed by atoms with Crippen LogP contribution in [0.2, 0.25) is 0 Å². The Morgan fingerprint density at radius 3 is 2.47 bits per heavy atom. The number of pyridine rings is 1. The molecule has 1 unspecified atom stereocenters. The average Bonchev–Trinajstić information content (AvgIpc) is 2.82. The monoisotopic (exact) mass is 493 g/mol. The molecule has 1 N–H and O–H groups in total. The highest BCUT2D eigenvalue weighted by atomic mass is 19.3. The maximum atomic E-state index is 14.5. The second-order valence-electron chi connectivity index (χ2n) is 10.3. The number of carboxylic acid groups (broad SMARTS) is 1. The van der Waals surface area contributed by atoms with Crippen molar-refractivity contribution < 1.29 is 28.2 Å². The van der Waals surface area contributed by atoms with Gasteiger partial charge in [0.25, 0.3) is 6.43 Å². The van der Waals surface area contributed by atoms with Crippen molar-refractivity contribution in [3.63, 3.8) is 0 Å². The van der Waals surface area contributed by atoms with Gasteiger partial charge in [-0.25, -0.2) is 13.6 Å². The molecule has 7 heteroatoms. The van der Waals surface area contributed by atoms with Crippen molar-refractivity contribution in [3.8, 4) is 0 Å². The fourth-order valence-electron chi connectivity index (χ4n) is 5.54. The molecule has 1 aliphatic carbocycles. The molecule has 0 bridgehead atoms. The van der Waals surface area contributed by atoms with Crippen molar-refractivity contribution >= 4 is 28.1 Å². The number of fused-ring (bicyclic) bond motifs is 1. The van der Waals surface area contributed by atoms with Crippen molar-refractivity contribution in [1.82, 2.24) is 4.98 Å². The van der Waals surface area contributed by atoms with Crippen molar-refractivity contribution in [2.45, 2.75) is 65.1 Å². The van der Waals surface area contributed by atoms with Crippen LogP contribution in [-0.2, 0) is 20.7 Å². The number of rotatable bonds is 5. The smallest absolute Gasteiger partial charge is 0.337 e. The summed E-state index contributed by atoms with van der Waals surface area (Å²) in [7, 11) is 0. The summed E-state index contributed by atoms with van der Waals surface area (Å²) in [5, 5.41) is 13.0. The quantitative estimate of drug-likeness (QED) is 0.536. The maximum Gasteiger partial charge on any atom is 0.337 e. The van der Waals surface area contributed by atoms with E-state index in [1.54, 1.807) is 58.2 Å². The van der Waals surface area contributed by atoms with Gasteiger partial charge in [0, 0.05) is 35.4 Å². The van der Waals surface area contributed by atoms with E-state index in [0.29, 0.717) is 35.8 Å². The first-order valence-corrected chi connectivity index (χ1v) is 12.2. The van der Waals surface area contributed by atoms with Gasteiger partial charge in [-0.1, -0.05) is 24.3 Å². The molecule has 0 saturated heterocycles. The first-order chi connectivity index (χ1) is 17.1. The maximum absolute atomic E-state index is 14.5. The number of hydrogen-bond donors (Lipinski definition) is 1. The molecule has 2 aromatic carbocycles. The van der Waals surface area contributed by atoms with Crippen LogP contribution in [0.4, 0.5) is 8.78 Å².